The van der Waals surface area contributed by atoms with Crippen molar-refractivity contribution in [1.29, 1.82) is 5.26 Å². The van der Waals surface area contributed by atoms with Crippen molar-refractivity contribution in [2.75, 3.05) is 0 Å². The molecule has 1 saturated carbocycles. The summed E-state index contributed by atoms with van der Waals surface area (Å²) in [4.78, 5) is 0. The molecule has 2 nitrogen and oxygen atoms in total. The van der Waals surface area contributed by atoms with Gasteiger partial charge in [-0.1, -0.05) is 33.1 Å². The van der Waals surface area contributed by atoms with Crippen LogP contribution in [0.1, 0.15) is 65.7 Å². The third-order valence-corrected chi connectivity index (χ3v) is 4.73. The average molecular weight is 223 g/mol. The first-order chi connectivity index (χ1) is 7.51. The Morgan fingerprint density at radius 1 is 1.38 bits per heavy atom. The second-order valence-corrected chi connectivity index (χ2v) is 5.53. The van der Waals surface area contributed by atoms with E-state index in [4.69, 9.17) is 0 Å². The molecule has 16 heavy (non-hydrogen) atoms. The molecule has 0 heterocycles. The van der Waals surface area contributed by atoms with Gasteiger partial charge in [0.05, 0.1) is 17.1 Å². The summed E-state index contributed by atoms with van der Waals surface area (Å²) in [5, 5.41) is 20.1. The minimum atomic E-state index is -0.763. The number of hydrogen-bond acceptors (Lipinski definition) is 2. The van der Waals surface area contributed by atoms with Gasteiger partial charge in [-0.25, -0.2) is 0 Å². The van der Waals surface area contributed by atoms with Gasteiger partial charge in [0, 0.05) is 0 Å². The van der Waals surface area contributed by atoms with Crippen molar-refractivity contribution in [3.8, 4) is 6.07 Å². The van der Waals surface area contributed by atoms with Gasteiger partial charge in [-0.2, -0.15) is 5.26 Å². The molecular formula is C14H25NO. The van der Waals surface area contributed by atoms with Crippen LogP contribution in [0.25, 0.3) is 0 Å². The second kappa shape index (κ2) is 5.19. The molecule has 1 aliphatic rings. The Bertz CT molecular complexity index is 270. The molecule has 1 rings (SSSR count). The number of aliphatic hydroxyl groups is 1. The fourth-order valence-corrected chi connectivity index (χ4v) is 2.87. The van der Waals surface area contributed by atoms with Crippen LogP contribution in [0.4, 0.5) is 0 Å². The van der Waals surface area contributed by atoms with Crippen LogP contribution in [0.3, 0.4) is 0 Å². The van der Waals surface area contributed by atoms with Gasteiger partial charge in [-0.3, -0.25) is 0 Å². The zero-order valence-electron chi connectivity index (χ0n) is 10.9. The highest BCUT2D eigenvalue weighted by Gasteiger charge is 2.46. The predicted octanol–water partition coefficient (Wildman–Crippen LogP) is 3.65. The van der Waals surface area contributed by atoms with Crippen LogP contribution in [-0.2, 0) is 0 Å². The molecule has 0 aromatic rings. The zero-order chi connectivity index (χ0) is 12.2. The summed E-state index contributed by atoms with van der Waals surface area (Å²) in [6.45, 7) is 6.14. The summed E-state index contributed by atoms with van der Waals surface area (Å²) < 4.78 is 0. The third-order valence-electron chi connectivity index (χ3n) is 4.73. The Kier molecular flexibility index (Phi) is 4.38. The van der Waals surface area contributed by atoms with Gasteiger partial charge in [0.15, 0.2) is 0 Å². The highest BCUT2D eigenvalue weighted by molar-refractivity contribution is 5.09. The highest BCUT2D eigenvalue weighted by Crippen LogP contribution is 2.44. The maximum atomic E-state index is 10.8. The van der Waals surface area contributed by atoms with E-state index in [0.717, 1.165) is 38.0 Å². The topological polar surface area (TPSA) is 44.0 Å². The predicted molar refractivity (Wildman–Crippen MR) is 65.8 cm³/mol. The van der Waals surface area contributed by atoms with E-state index in [2.05, 4.69) is 13.0 Å². The van der Waals surface area contributed by atoms with Crippen molar-refractivity contribution >= 4 is 0 Å². The van der Waals surface area contributed by atoms with E-state index in [1.165, 1.54) is 12.8 Å². The van der Waals surface area contributed by atoms with Crippen LogP contribution in [0.2, 0.25) is 0 Å². The average Bonchev–Trinajstić information content (AvgIpc) is 2.51. The molecule has 0 aromatic heterocycles. The van der Waals surface area contributed by atoms with Gasteiger partial charge < -0.3 is 5.11 Å². The molecule has 3 atom stereocenters. The Balaban J connectivity index is 2.81. The molecular weight excluding hydrogens is 198 g/mol. The molecule has 0 aromatic carbocycles. The van der Waals surface area contributed by atoms with Crippen LogP contribution in [-0.4, -0.2) is 10.7 Å². The fraction of sp³-hybridized carbons (Fsp3) is 0.929. The number of hydrogen-bond donors (Lipinski definition) is 1. The third kappa shape index (κ3) is 2.40. The van der Waals surface area contributed by atoms with Crippen LogP contribution in [0.5, 0.6) is 0 Å². The van der Waals surface area contributed by atoms with E-state index < -0.39 is 11.0 Å². The Labute approximate surface area is 99.7 Å². The maximum absolute atomic E-state index is 10.8. The highest BCUT2D eigenvalue weighted by atomic mass is 16.3. The standard InChI is InChI=1S/C14H25NO/c1-4-12-7-6-9-14(16,10-8-12)13(3,5-2)11-15/h12,16H,4-10H2,1-3H3. The van der Waals surface area contributed by atoms with E-state index in [-0.39, 0.29) is 0 Å². The van der Waals surface area contributed by atoms with E-state index in [9.17, 15) is 10.4 Å². The molecule has 3 unspecified atom stereocenters. The smallest absolute Gasteiger partial charge is 0.0830 e. The molecule has 2 heteroatoms. The van der Waals surface area contributed by atoms with Crippen LogP contribution >= 0.6 is 0 Å². The largest absolute Gasteiger partial charge is 0.388 e. The van der Waals surface area contributed by atoms with E-state index in [1.807, 2.05) is 13.8 Å². The summed E-state index contributed by atoms with van der Waals surface area (Å²) in [5.74, 6) is 0.744. The lowest BCUT2D eigenvalue weighted by molar-refractivity contribution is -0.0617. The molecule has 0 saturated heterocycles. The van der Waals surface area contributed by atoms with Gasteiger partial charge in [-0.05, 0) is 38.5 Å². The minimum Gasteiger partial charge on any atom is -0.388 e. The van der Waals surface area contributed by atoms with E-state index >= 15 is 0 Å². The first kappa shape index (κ1) is 13.5. The van der Waals surface area contributed by atoms with Crippen molar-refractivity contribution in [3.05, 3.63) is 0 Å². The molecule has 0 spiro atoms. The van der Waals surface area contributed by atoms with Gasteiger partial charge in [-0.15, -0.1) is 0 Å². The van der Waals surface area contributed by atoms with Gasteiger partial charge in [0.25, 0.3) is 0 Å². The van der Waals surface area contributed by atoms with Crippen molar-refractivity contribution in [2.24, 2.45) is 11.3 Å². The zero-order valence-corrected chi connectivity index (χ0v) is 10.9. The van der Waals surface area contributed by atoms with Crippen LogP contribution < -0.4 is 0 Å². The molecule has 0 aliphatic heterocycles. The number of nitriles is 1. The lowest BCUT2D eigenvalue weighted by atomic mass is 9.68. The van der Waals surface area contributed by atoms with Crippen molar-refractivity contribution in [3.63, 3.8) is 0 Å². The van der Waals surface area contributed by atoms with Crippen molar-refractivity contribution in [2.45, 2.75) is 71.3 Å². The molecule has 92 valence electrons. The Morgan fingerprint density at radius 2 is 2.06 bits per heavy atom. The van der Waals surface area contributed by atoms with Gasteiger partial charge in [0.2, 0.25) is 0 Å². The van der Waals surface area contributed by atoms with Gasteiger partial charge in [0.1, 0.15) is 0 Å². The minimum absolute atomic E-state index is 0.574. The van der Waals surface area contributed by atoms with Gasteiger partial charge >= 0.3 is 0 Å². The first-order valence-electron chi connectivity index (χ1n) is 6.65. The quantitative estimate of drug-likeness (QED) is 0.742. The molecule has 1 N–H and O–H groups in total. The lowest BCUT2D eigenvalue weighted by Crippen LogP contribution is -2.45. The molecule has 1 aliphatic carbocycles. The number of rotatable bonds is 3. The van der Waals surface area contributed by atoms with E-state index in [0.29, 0.717) is 0 Å². The maximum Gasteiger partial charge on any atom is 0.0830 e. The summed E-state index contributed by atoms with van der Waals surface area (Å²) in [5.41, 5.74) is -1.34. The van der Waals surface area contributed by atoms with Crippen LogP contribution in [0, 0.1) is 22.7 Å². The molecule has 1 fully saturated rings. The summed E-state index contributed by atoms with van der Waals surface area (Å²) >= 11 is 0. The number of nitrogens with zero attached hydrogens (tertiary/aromatic N) is 1. The first-order valence-corrected chi connectivity index (χ1v) is 6.65. The lowest BCUT2D eigenvalue weighted by Gasteiger charge is -2.39. The van der Waals surface area contributed by atoms with Crippen molar-refractivity contribution in [1.82, 2.24) is 0 Å². The normalized spacial score (nSPS) is 34.8. The molecule has 0 radical (unpaired) electrons. The van der Waals surface area contributed by atoms with E-state index in [1.54, 1.807) is 0 Å². The monoisotopic (exact) mass is 223 g/mol. The van der Waals surface area contributed by atoms with Crippen LogP contribution in [0.15, 0.2) is 0 Å². The summed E-state index contributed by atoms with van der Waals surface area (Å²) in [7, 11) is 0. The molecule has 0 bridgehead atoms. The second-order valence-electron chi connectivity index (χ2n) is 5.53. The van der Waals surface area contributed by atoms with Crippen molar-refractivity contribution < 1.29 is 5.11 Å². The fourth-order valence-electron chi connectivity index (χ4n) is 2.87. The Morgan fingerprint density at radius 3 is 2.56 bits per heavy atom. The summed E-state index contributed by atoms with van der Waals surface area (Å²) in [6, 6.07) is 2.35. The molecule has 0 amide bonds. The summed E-state index contributed by atoms with van der Waals surface area (Å²) in [6.07, 6.45) is 6.87. The Hall–Kier alpha value is -0.550. The SMILES string of the molecule is CCC1CCCC(O)(C(C)(C#N)CC)CC1.